The summed E-state index contributed by atoms with van der Waals surface area (Å²) in [5.74, 6) is 0. The lowest BCUT2D eigenvalue weighted by Gasteiger charge is -2.26. The van der Waals surface area contributed by atoms with Crippen LogP contribution in [0.4, 0.5) is 0 Å². The summed E-state index contributed by atoms with van der Waals surface area (Å²) >= 11 is 0. The van der Waals surface area contributed by atoms with E-state index in [4.69, 9.17) is 0 Å². The number of fused-ring (bicyclic) bond motifs is 5. The van der Waals surface area contributed by atoms with E-state index in [9.17, 15) is 5.26 Å². The summed E-state index contributed by atoms with van der Waals surface area (Å²) in [6.45, 7) is 6.84. The minimum absolute atomic E-state index is 0.257. The highest BCUT2D eigenvalue weighted by Crippen LogP contribution is 2.54. The zero-order valence-electron chi connectivity index (χ0n) is 25.0. The van der Waals surface area contributed by atoms with Gasteiger partial charge in [-0.2, -0.15) is 9.83 Å². The van der Waals surface area contributed by atoms with Crippen molar-refractivity contribution in [3.8, 4) is 39.7 Å². The zero-order chi connectivity index (χ0) is 29.7. The molecule has 0 aliphatic heterocycles. The fourth-order valence-electron chi connectivity index (χ4n) is 6.92. The van der Waals surface area contributed by atoms with Gasteiger partial charge in [-0.25, -0.2) is 4.57 Å². The standard InChI is InChI=1S/C40H33N3/c1-27-11-5-7-13-31(27)35-15-9-10-22-43(35)24-21-30-17-19-34-33-18-16-29-12-6-8-14-32(29)38(33)40(2,3)39(34)37(30)36-25-28(26-41)20-23-42(36)4/h5-25H,1-4H3/q+2/b24-21-. The molecule has 6 aromatic rings. The molecule has 3 heteroatoms. The monoisotopic (exact) mass is 555 g/mol. The maximum Gasteiger partial charge on any atom is 0.218 e. The van der Waals surface area contributed by atoms with Crippen LogP contribution in [-0.4, -0.2) is 0 Å². The first-order valence-corrected chi connectivity index (χ1v) is 14.7. The van der Waals surface area contributed by atoms with E-state index in [0.717, 1.165) is 22.5 Å². The van der Waals surface area contributed by atoms with Crippen LogP contribution >= 0.6 is 0 Å². The van der Waals surface area contributed by atoms with Crippen molar-refractivity contribution >= 4 is 23.0 Å². The molecule has 2 aromatic heterocycles. The normalized spacial score (nSPS) is 13.2. The molecule has 2 heterocycles. The number of aryl methyl sites for hydroxylation is 2. The second-order valence-electron chi connectivity index (χ2n) is 11.9. The van der Waals surface area contributed by atoms with E-state index in [-0.39, 0.29) is 5.41 Å². The van der Waals surface area contributed by atoms with Gasteiger partial charge in [0.25, 0.3) is 0 Å². The third-order valence-corrected chi connectivity index (χ3v) is 8.97. The lowest BCUT2D eigenvalue weighted by atomic mass is 9.76. The van der Waals surface area contributed by atoms with Crippen LogP contribution in [0.1, 0.15) is 41.7 Å². The Balaban J connectivity index is 1.49. The molecule has 7 rings (SSSR count). The minimum atomic E-state index is -0.257. The van der Waals surface area contributed by atoms with Crippen molar-refractivity contribution in [2.75, 3.05) is 0 Å². The molecule has 1 aliphatic rings. The van der Waals surface area contributed by atoms with E-state index < -0.39 is 0 Å². The average molecular weight is 556 g/mol. The minimum Gasteiger partial charge on any atom is -0.201 e. The van der Waals surface area contributed by atoms with Gasteiger partial charge in [-0.3, -0.25) is 0 Å². The third-order valence-electron chi connectivity index (χ3n) is 8.97. The highest BCUT2D eigenvalue weighted by molar-refractivity contribution is 6.00. The van der Waals surface area contributed by atoms with Crippen LogP contribution in [0.25, 0.3) is 56.7 Å². The van der Waals surface area contributed by atoms with Crippen molar-refractivity contribution in [1.82, 2.24) is 0 Å². The van der Waals surface area contributed by atoms with Crippen molar-refractivity contribution < 1.29 is 9.13 Å². The quantitative estimate of drug-likeness (QED) is 0.201. The van der Waals surface area contributed by atoms with Gasteiger partial charge in [-0.1, -0.05) is 80.6 Å². The first-order chi connectivity index (χ1) is 20.9. The Bertz CT molecular complexity index is 2140. The van der Waals surface area contributed by atoms with Crippen LogP contribution in [0.15, 0.2) is 116 Å². The first kappa shape index (κ1) is 26.6. The lowest BCUT2D eigenvalue weighted by Crippen LogP contribution is -2.32. The molecule has 0 spiro atoms. The Hall–Kier alpha value is -5.33. The van der Waals surface area contributed by atoms with Crippen LogP contribution in [-0.2, 0) is 12.5 Å². The van der Waals surface area contributed by atoms with E-state index in [1.807, 2.05) is 18.3 Å². The molecule has 0 bridgehead atoms. The number of nitriles is 1. The third kappa shape index (κ3) is 4.26. The van der Waals surface area contributed by atoms with E-state index in [2.05, 4.69) is 152 Å². The van der Waals surface area contributed by atoms with Gasteiger partial charge in [0.2, 0.25) is 11.4 Å². The van der Waals surface area contributed by atoms with E-state index in [1.54, 1.807) is 0 Å². The Morgan fingerprint density at radius 2 is 1.47 bits per heavy atom. The van der Waals surface area contributed by atoms with Crippen LogP contribution in [0.5, 0.6) is 0 Å². The molecule has 0 saturated heterocycles. The van der Waals surface area contributed by atoms with Crippen molar-refractivity contribution in [1.29, 1.82) is 5.26 Å². The number of pyridine rings is 2. The highest BCUT2D eigenvalue weighted by atomic mass is 14.9. The zero-order valence-corrected chi connectivity index (χ0v) is 25.0. The van der Waals surface area contributed by atoms with Crippen LogP contribution in [0.2, 0.25) is 0 Å². The SMILES string of the molecule is Cc1ccccc1-c1cccc[n+]1/C=C\c1ccc2c(c1-c1cc(C#N)cc[n+]1C)C(C)(C)c1c-2ccc2ccccc12. The van der Waals surface area contributed by atoms with Gasteiger partial charge in [0.1, 0.15) is 7.05 Å². The summed E-state index contributed by atoms with van der Waals surface area (Å²) in [6.07, 6.45) is 8.47. The van der Waals surface area contributed by atoms with Crippen molar-refractivity contribution in [3.63, 3.8) is 0 Å². The predicted octanol–water partition coefficient (Wildman–Crippen LogP) is 8.40. The molecule has 4 aromatic carbocycles. The second kappa shape index (κ2) is 10.2. The van der Waals surface area contributed by atoms with Gasteiger partial charge in [0.05, 0.1) is 17.2 Å². The Kier molecular flexibility index (Phi) is 6.29. The highest BCUT2D eigenvalue weighted by Gasteiger charge is 2.41. The summed E-state index contributed by atoms with van der Waals surface area (Å²) in [5, 5.41) is 12.4. The summed E-state index contributed by atoms with van der Waals surface area (Å²) in [7, 11) is 2.07. The molecule has 0 saturated carbocycles. The molecule has 1 aliphatic carbocycles. The molecule has 0 N–H and O–H groups in total. The molecule has 206 valence electrons. The summed E-state index contributed by atoms with van der Waals surface area (Å²) in [6, 6.07) is 38.8. The number of benzene rings is 4. The number of hydrogen-bond acceptors (Lipinski definition) is 1. The van der Waals surface area contributed by atoms with Gasteiger partial charge in [-0.15, -0.1) is 0 Å². The second-order valence-corrected chi connectivity index (χ2v) is 11.9. The Morgan fingerprint density at radius 1 is 0.721 bits per heavy atom. The number of aromatic nitrogens is 2. The molecular formula is C40H33N3+2. The molecule has 0 radical (unpaired) electrons. The smallest absolute Gasteiger partial charge is 0.201 e. The summed E-state index contributed by atoms with van der Waals surface area (Å²) in [5.41, 5.74) is 12.5. The largest absolute Gasteiger partial charge is 0.218 e. The van der Waals surface area contributed by atoms with Gasteiger partial charge in [-0.05, 0) is 63.2 Å². The van der Waals surface area contributed by atoms with E-state index in [0.29, 0.717) is 5.56 Å². The van der Waals surface area contributed by atoms with Crippen molar-refractivity contribution in [2.45, 2.75) is 26.2 Å². The van der Waals surface area contributed by atoms with Gasteiger partial charge in [0, 0.05) is 41.3 Å². The Morgan fingerprint density at radius 3 is 2.30 bits per heavy atom. The topological polar surface area (TPSA) is 31.5 Å². The molecule has 0 atom stereocenters. The molecular weight excluding hydrogens is 522 g/mol. The van der Waals surface area contributed by atoms with Crippen molar-refractivity contribution in [2.24, 2.45) is 7.05 Å². The average Bonchev–Trinajstić information content (AvgIpc) is 3.27. The lowest BCUT2D eigenvalue weighted by molar-refractivity contribution is -0.660. The van der Waals surface area contributed by atoms with Gasteiger partial charge >= 0.3 is 0 Å². The van der Waals surface area contributed by atoms with Gasteiger partial charge in [0.15, 0.2) is 18.6 Å². The van der Waals surface area contributed by atoms with Gasteiger partial charge < -0.3 is 0 Å². The van der Waals surface area contributed by atoms with E-state index in [1.165, 1.54) is 44.2 Å². The number of nitrogens with zero attached hydrogens (tertiary/aromatic N) is 3. The van der Waals surface area contributed by atoms with Crippen LogP contribution in [0, 0.1) is 18.3 Å². The molecule has 0 unspecified atom stereocenters. The maximum absolute atomic E-state index is 9.86. The summed E-state index contributed by atoms with van der Waals surface area (Å²) in [4.78, 5) is 0. The van der Waals surface area contributed by atoms with Crippen molar-refractivity contribution in [3.05, 3.63) is 143 Å². The summed E-state index contributed by atoms with van der Waals surface area (Å²) < 4.78 is 4.33. The van der Waals surface area contributed by atoms with Crippen LogP contribution in [0.3, 0.4) is 0 Å². The molecule has 3 nitrogen and oxygen atoms in total. The molecule has 43 heavy (non-hydrogen) atoms. The number of rotatable bonds is 4. The molecule has 0 fully saturated rings. The fraction of sp³-hybridized carbons (Fsp3) is 0.125. The fourth-order valence-corrected chi connectivity index (χ4v) is 6.92. The molecule has 0 amide bonds. The van der Waals surface area contributed by atoms with Crippen LogP contribution < -0.4 is 9.13 Å². The van der Waals surface area contributed by atoms with E-state index >= 15 is 0 Å². The first-order valence-electron chi connectivity index (χ1n) is 14.7. The Labute approximate surface area is 253 Å². The number of hydrogen-bond donors (Lipinski definition) is 0. The predicted molar refractivity (Wildman–Crippen MR) is 175 cm³/mol. The maximum atomic E-state index is 9.86.